The van der Waals surface area contributed by atoms with Crippen LogP contribution in [0.4, 0.5) is 0 Å². The third-order valence-corrected chi connectivity index (χ3v) is 5.98. The van der Waals surface area contributed by atoms with Crippen LogP contribution in [0.25, 0.3) is 33.4 Å². The smallest absolute Gasteiger partial charge is 0.368 e. The quantitative estimate of drug-likeness (QED) is 0.299. The summed E-state index contributed by atoms with van der Waals surface area (Å²) in [5, 5.41) is 1.00. The molecule has 2 heterocycles. The van der Waals surface area contributed by atoms with E-state index >= 15 is 0 Å². The van der Waals surface area contributed by atoms with Gasteiger partial charge in [-0.2, -0.15) is 0 Å². The molecule has 8 heteroatoms. The van der Waals surface area contributed by atoms with E-state index in [1.165, 1.54) is 6.26 Å². The normalized spacial score (nSPS) is 11.0. The lowest BCUT2D eigenvalue weighted by Crippen LogP contribution is -2.33. The molecule has 0 aliphatic carbocycles. The van der Waals surface area contributed by atoms with Crippen molar-refractivity contribution in [3.8, 4) is 22.5 Å². The molecule has 0 unspecified atom stereocenters. The van der Waals surface area contributed by atoms with Gasteiger partial charge in [-0.3, -0.25) is 4.79 Å². The minimum absolute atomic E-state index is 0.106. The highest BCUT2D eigenvalue weighted by atomic mass is 35.5. The molecule has 0 amide bonds. The van der Waals surface area contributed by atoms with Crippen molar-refractivity contribution in [3.63, 3.8) is 0 Å². The zero-order chi connectivity index (χ0) is 23.8. The van der Waals surface area contributed by atoms with Crippen LogP contribution in [-0.2, 0) is 0 Å². The Kier molecular flexibility index (Phi) is 5.69. The van der Waals surface area contributed by atoms with Crippen molar-refractivity contribution in [1.82, 2.24) is 9.71 Å². The molecule has 0 saturated heterocycles. The van der Waals surface area contributed by atoms with Crippen LogP contribution in [-0.4, -0.2) is 15.7 Å². The summed E-state index contributed by atoms with van der Waals surface area (Å²) in [7, 11) is 0. The summed E-state index contributed by atoms with van der Waals surface area (Å²) in [6, 6.07) is 20.9. The largest absolute Gasteiger partial charge is 0.468 e. The fraction of sp³-hybridized carbons (Fsp3) is 0.0385. The molecular weight excluding hydrogens is 475 g/mol. The van der Waals surface area contributed by atoms with E-state index in [4.69, 9.17) is 32.5 Å². The van der Waals surface area contributed by atoms with E-state index in [0.29, 0.717) is 43.4 Å². The Morgan fingerprint density at radius 1 is 0.941 bits per heavy atom. The van der Waals surface area contributed by atoms with E-state index in [9.17, 15) is 9.59 Å². The summed E-state index contributed by atoms with van der Waals surface area (Å²) in [5.41, 5.74) is 1.48. The summed E-state index contributed by atoms with van der Waals surface area (Å²) in [5.74, 6) is -0.330. The maximum absolute atomic E-state index is 13.4. The van der Waals surface area contributed by atoms with E-state index in [0.717, 1.165) is 4.73 Å². The summed E-state index contributed by atoms with van der Waals surface area (Å²) in [6.07, 6.45) is 1.39. The average molecular weight is 491 g/mol. The molecule has 5 rings (SSSR count). The van der Waals surface area contributed by atoms with Crippen LogP contribution >= 0.6 is 23.2 Å². The predicted octanol–water partition coefficient (Wildman–Crippen LogP) is 6.21. The van der Waals surface area contributed by atoms with Gasteiger partial charge in [0, 0.05) is 16.7 Å². The van der Waals surface area contributed by atoms with Crippen LogP contribution < -0.4 is 10.4 Å². The maximum atomic E-state index is 13.4. The summed E-state index contributed by atoms with van der Waals surface area (Å²) >= 11 is 12.7. The second-order valence-electron chi connectivity index (χ2n) is 7.47. The number of carbonyl (C=O) groups excluding carboxylic acids is 1. The second kappa shape index (κ2) is 8.82. The van der Waals surface area contributed by atoms with Crippen LogP contribution in [0.15, 0.2) is 88.3 Å². The Balaban J connectivity index is 1.67. The maximum Gasteiger partial charge on any atom is 0.368 e. The van der Waals surface area contributed by atoms with Crippen molar-refractivity contribution in [2.24, 2.45) is 0 Å². The minimum Gasteiger partial charge on any atom is -0.468 e. The zero-order valence-electron chi connectivity index (χ0n) is 17.8. The van der Waals surface area contributed by atoms with Crippen molar-refractivity contribution in [3.05, 3.63) is 111 Å². The fourth-order valence-electron chi connectivity index (χ4n) is 3.75. The van der Waals surface area contributed by atoms with Gasteiger partial charge in [0.2, 0.25) is 0 Å². The Morgan fingerprint density at radius 3 is 2.35 bits per heavy atom. The molecule has 0 bridgehead atoms. The number of rotatable bonds is 4. The average Bonchev–Trinajstić information content (AvgIpc) is 3.22. The molecule has 0 radical (unpaired) electrons. The summed E-state index contributed by atoms with van der Waals surface area (Å²) in [6.45, 7) is 1.62. The molecule has 0 fully saturated rings. The topological polar surface area (TPSA) is 74.3 Å². The number of nitrogens with zero attached hydrogens (tertiary/aromatic N) is 2. The second-order valence-corrected chi connectivity index (χ2v) is 8.29. The number of hydrogen-bond donors (Lipinski definition) is 0. The van der Waals surface area contributed by atoms with Crippen molar-refractivity contribution in [2.45, 2.75) is 6.92 Å². The zero-order valence-corrected chi connectivity index (χ0v) is 19.3. The lowest BCUT2D eigenvalue weighted by Gasteiger charge is -2.14. The van der Waals surface area contributed by atoms with Gasteiger partial charge in [0.05, 0.1) is 27.2 Å². The number of benzene rings is 3. The molecular formula is C26H16Cl2N2O4. The third kappa shape index (κ3) is 3.77. The number of furan rings is 1. The van der Waals surface area contributed by atoms with E-state index in [-0.39, 0.29) is 11.4 Å². The van der Waals surface area contributed by atoms with Crippen LogP contribution in [0.5, 0.6) is 0 Å². The molecule has 0 N–H and O–H groups in total. The van der Waals surface area contributed by atoms with Gasteiger partial charge in [-0.05, 0) is 31.2 Å². The molecule has 0 saturated carbocycles. The molecule has 3 aromatic carbocycles. The number of halogens is 2. The first-order chi connectivity index (χ1) is 16.5. The lowest BCUT2D eigenvalue weighted by atomic mass is 10.0. The van der Waals surface area contributed by atoms with E-state index in [1.807, 2.05) is 6.07 Å². The van der Waals surface area contributed by atoms with Gasteiger partial charge in [-0.1, -0.05) is 71.7 Å². The van der Waals surface area contributed by atoms with Crippen LogP contribution in [0.1, 0.15) is 16.1 Å². The van der Waals surface area contributed by atoms with Gasteiger partial charge in [0.1, 0.15) is 11.3 Å². The Morgan fingerprint density at radius 2 is 1.62 bits per heavy atom. The standard InChI is InChI=1S/C26H16Cl2N2O4/c1-15-22(18(14-33-15)23-19(27)11-7-12-20(23)28)26(32)34-30-24(16-8-3-2-4-9-16)29-21-13-6-5-10-17(21)25(30)31/h2-14H,1H3. The number of hydrogen-bond acceptors (Lipinski definition) is 5. The molecule has 2 aromatic heterocycles. The van der Waals surface area contributed by atoms with E-state index in [1.54, 1.807) is 73.7 Å². The van der Waals surface area contributed by atoms with Gasteiger partial charge in [0.15, 0.2) is 5.82 Å². The number of fused-ring (bicyclic) bond motifs is 1. The Bertz CT molecular complexity index is 1590. The molecule has 168 valence electrons. The van der Waals surface area contributed by atoms with Crippen LogP contribution in [0, 0.1) is 6.92 Å². The van der Waals surface area contributed by atoms with E-state index < -0.39 is 11.5 Å². The van der Waals surface area contributed by atoms with Gasteiger partial charge in [0.25, 0.3) is 5.56 Å². The molecule has 6 nitrogen and oxygen atoms in total. The number of aryl methyl sites for hydroxylation is 1. The van der Waals surface area contributed by atoms with Crippen molar-refractivity contribution < 1.29 is 14.0 Å². The highest BCUT2D eigenvalue weighted by Gasteiger charge is 2.26. The molecule has 34 heavy (non-hydrogen) atoms. The lowest BCUT2D eigenvalue weighted by molar-refractivity contribution is 0.0448. The molecule has 5 aromatic rings. The summed E-state index contributed by atoms with van der Waals surface area (Å²) < 4.78 is 6.42. The fourth-order valence-corrected chi connectivity index (χ4v) is 4.35. The Hall–Kier alpha value is -3.87. The van der Waals surface area contributed by atoms with E-state index in [2.05, 4.69) is 4.98 Å². The minimum atomic E-state index is -0.811. The van der Waals surface area contributed by atoms with Gasteiger partial charge in [-0.25, -0.2) is 9.78 Å². The van der Waals surface area contributed by atoms with Crippen molar-refractivity contribution in [2.75, 3.05) is 0 Å². The third-order valence-electron chi connectivity index (χ3n) is 5.36. The monoisotopic (exact) mass is 490 g/mol. The number of carbonyl (C=O) groups is 1. The van der Waals surface area contributed by atoms with Gasteiger partial charge >= 0.3 is 5.97 Å². The van der Waals surface area contributed by atoms with Crippen LogP contribution in [0.2, 0.25) is 10.0 Å². The highest BCUT2D eigenvalue weighted by Crippen LogP contribution is 2.38. The molecule has 0 spiro atoms. The summed E-state index contributed by atoms with van der Waals surface area (Å²) in [4.78, 5) is 37.0. The number of aromatic nitrogens is 2. The Labute approximate surface area is 203 Å². The van der Waals surface area contributed by atoms with Gasteiger partial charge in [-0.15, -0.1) is 4.73 Å². The molecule has 0 aliphatic heterocycles. The SMILES string of the molecule is Cc1occ(-c2c(Cl)cccc2Cl)c1C(=O)On1c(-c2ccccc2)nc2ccccc2c1=O. The predicted molar refractivity (Wildman–Crippen MR) is 131 cm³/mol. The number of para-hydroxylation sites is 1. The van der Waals surface area contributed by atoms with Crippen molar-refractivity contribution in [1.29, 1.82) is 0 Å². The molecule has 0 aliphatic rings. The highest BCUT2D eigenvalue weighted by molar-refractivity contribution is 6.39. The first kappa shape index (κ1) is 21.9. The van der Waals surface area contributed by atoms with Crippen LogP contribution in [0.3, 0.4) is 0 Å². The first-order valence-corrected chi connectivity index (χ1v) is 11.0. The molecule has 0 atom stereocenters. The van der Waals surface area contributed by atoms with Gasteiger partial charge < -0.3 is 9.25 Å². The first-order valence-electron chi connectivity index (χ1n) is 10.3. The van der Waals surface area contributed by atoms with Crippen molar-refractivity contribution >= 4 is 40.1 Å².